The number of anilines is 1. The number of likely N-dealkylation sites (tertiary alicyclic amines) is 1. The van der Waals surface area contributed by atoms with E-state index in [0.29, 0.717) is 5.56 Å². The van der Waals surface area contributed by atoms with Crippen molar-refractivity contribution >= 4 is 22.5 Å². The topological polar surface area (TPSA) is 45.2 Å². The Morgan fingerprint density at radius 3 is 2.59 bits per heavy atom. The number of carbonyl (C=O) groups is 1. The molecule has 1 fully saturated rings. The molecule has 1 N–H and O–H groups in total. The molecule has 3 aromatic rings. The summed E-state index contributed by atoms with van der Waals surface area (Å²) in [7, 11) is 0. The highest BCUT2D eigenvalue weighted by Gasteiger charge is 2.16. The lowest BCUT2D eigenvalue weighted by molar-refractivity contribution is 0.102. The van der Waals surface area contributed by atoms with Gasteiger partial charge in [-0.25, -0.2) is 0 Å². The normalized spacial score (nSPS) is 15.7. The first-order valence-electron chi connectivity index (χ1n) is 9.65. The van der Waals surface area contributed by atoms with E-state index in [-0.39, 0.29) is 5.91 Å². The predicted octanol–water partition coefficient (Wildman–Crippen LogP) is 4.72. The molecule has 1 aliphatic rings. The second kappa shape index (κ2) is 7.89. The molecule has 1 aliphatic heterocycles. The van der Waals surface area contributed by atoms with Crippen LogP contribution in [0.4, 0.5) is 5.69 Å². The molecule has 27 heavy (non-hydrogen) atoms. The monoisotopic (exact) mass is 359 g/mol. The molecule has 4 rings (SSSR count). The molecule has 0 atom stereocenters. The molecule has 0 saturated carbocycles. The number of piperidine rings is 1. The predicted molar refractivity (Wildman–Crippen MR) is 110 cm³/mol. The molecule has 4 nitrogen and oxygen atoms in total. The molecular weight excluding hydrogens is 334 g/mol. The van der Waals surface area contributed by atoms with Crippen molar-refractivity contribution in [3.63, 3.8) is 0 Å². The van der Waals surface area contributed by atoms with Gasteiger partial charge in [-0.1, -0.05) is 37.3 Å². The van der Waals surface area contributed by atoms with Gasteiger partial charge in [0.2, 0.25) is 0 Å². The molecule has 0 bridgehead atoms. The standard InChI is InChI=1S/C23H25N3O/c1-17-11-14-26(15-12-17)16-18-7-9-20(10-8-18)25-23(27)21-6-2-4-19-5-3-13-24-22(19)21/h2-10,13,17H,11-12,14-16H2,1H3,(H,25,27). The maximum atomic E-state index is 12.7. The summed E-state index contributed by atoms with van der Waals surface area (Å²) < 4.78 is 0. The van der Waals surface area contributed by atoms with E-state index in [1.165, 1.54) is 31.5 Å². The van der Waals surface area contributed by atoms with Gasteiger partial charge in [0, 0.05) is 23.8 Å². The van der Waals surface area contributed by atoms with E-state index in [1.807, 2.05) is 42.5 Å². The molecule has 0 radical (unpaired) electrons. The molecule has 1 saturated heterocycles. The fraction of sp³-hybridized carbons (Fsp3) is 0.304. The summed E-state index contributed by atoms with van der Waals surface area (Å²) in [5.41, 5.74) is 3.42. The number of hydrogen-bond donors (Lipinski definition) is 1. The third kappa shape index (κ3) is 4.17. The van der Waals surface area contributed by atoms with Crippen LogP contribution in [0.25, 0.3) is 10.9 Å². The summed E-state index contributed by atoms with van der Waals surface area (Å²) in [6.45, 7) is 5.66. The first-order chi connectivity index (χ1) is 13.2. The van der Waals surface area contributed by atoms with Crippen molar-refractivity contribution in [1.82, 2.24) is 9.88 Å². The molecule has 0 aliphatic carbocycles. The van der Waals surface area contributed by atoms with Crippen molar-refractivity contribution in [1.29, 1.82) is 0 Å². The fourth-order valence-electron chi connectivity index (χ4n) is 3.66. The summed E-state index contributed by atoms with van der Waals surface area (Å²) >= 11 is 0. The van der Waals surface area contributed by atoms with Crippen molar-refractivity contribution < 1.29 is 4.79 Å². The number of para-hydroxylation sites is 1. The number of benzene rings is 2. The number of nitrogens with zero attached hydrogens (tertiary/aromatic N) is 2. The van der Waals surface area contributed by atoms with E-state index in [1.54, 1.807) is 6.20 Å². The Balaban J connectivity index is 1.43. The highest BCUT2D eigenvalue weighted by molar-refractivity contribution is 6.11. The lowest BCUT2D eigenvalue weighted by Gasteiger charge is -2.30. The van der Waals surface area contributed by atoms with E-state index in [9.17, 15) is 4.79 Å². The number of nitrogens with one attached hydrogen (secondary N) is 1. The van der Waals surface area contributed by atoms with E-state index in [4.69, 9.17) is 0 Å². The first kappa shape index (κ1) is 17.7. The minimum Gasteiger partial charge on any atom is -0.322 e. The third-order valence-corrected chi connectivity index (χ3v) is 5.37. The molecule has 2 aromatic carbocycles. The second-order valence-corrected chi connectivity index (χ2v) is 7.49. The fourth-order valence-corrected chi connectivity index (χ4v) is 3.66. The Morgan fingerprint density at radius 1 is 1.07 bits per heavy atom. The molecule has 4 heteroatoms. The average Bonchev–Trinajstić information content (AvgIpc) is 2.71. The summed E-state index contributed by atoms with van der Waals surface area (Å²) in [6, 6.07) is 17.7. The van der Waals surface area contributed by atoms with Crippen LogP contribution in [0.1, 0.15) is 35.7 Å². The van der Waals surface area contributed by atoms with Crippen molar-refractivity contribution in [2.24, 2.45) is 5.92 Å². The quantitative estimate of drug-likeness (QED) is 0.733. The van der Waals surface area contributed by atoms with Crippen LogP contribution in [0, 0.1) is 5.92 Å². The Labute approximate surface area is 160 Å². The molecule has 1 aromatic heterocycles. The van der Waals surface area contributed by atoms with Crippen molar-refractivity contribution in [3.8, 4) is 0 Å². The largest absolute Gasteiger partial charge is 0.322 e. The van der Waals surface area contributed by atoms with Gasteiger partial charge in [-0.2, -0.15) is 0 Å². The van der Waals surface area contributed by atoms with Crippen LogP contribution in [-0.4, -0.2) is 28.9 Å². The summed E-state index contributed by atoms with van der Waals surface area (Å²) in [4.78, 5) is 19.6. The number of rotatable bonds is 4. The minimum absolute atomic E-state index is 0.128. The van der Waals surface area contributed by atoms with Gasteiger partial charge in [-0.3, -0.25) is 14.7 Å². The SMILES string of the molecule is CC1CCN(Cc2ccc(NC(=O)c3cccc4cccnc34)cc2)CC1. The van der Waals surface area contributed by atoms with Crippen molar-refractivity contribution in [3.05, 3.63) is 71.9 Å². The van der Waals surface area contributed by atoms with Gasteiger partial charge in [-0.05, 0) is 61.7 Å². The number of aromatic nitrogens is 1. The Hall–Kier alpha value is -2.72. The zero-order valence-corrected chi connectivity index (χ0v) is 15.7. The van der Waals surface area contributed by atoms with Crippen LogP contribution in [0.2, 0.25) is 0 Å². The van der Waals surface area contributed by atoms with Gasteiger partial charge in [0.05, 0.1) is 11.1 Å². The van der Waals surface area contributed by atoms with Crippen LogP contribution < -0.4 is 5.32 Å². The maximum absolute atomic E-state index is 12.7. The van der Waals surface area contributed by atoms with E-state index < -0.39 is 0 Å². The second-order valence-electron chi connectivity index (χ2n) is 7.49. The first-order valence-corrected chi connectivity index (χ1v) is 9.65. The number of hydrogen-bond acceptors (Lipinski definition) is 3. The van der Waals surface area contributed by atoms with Crippen LogP contribution in [-0.2, 0) is 6.54 Å². The molecule has 138 valence electrons. The molecular formula is C23H25N3O. The van der Waals surface area contributed by atoms with Gasteiger partial charge in [0.25, 0.3) is 5.91 Å². The van der Waals surface area contributed by atoms with E-state index in [0.717, 1.165) is 29.1 Å². The van der Waals surface area contributed by atoms with E-state index in [2.05, 4.69) is 34.3 Å². The van der Waals surface area contributed by atoms with Crippen LogP contribution in [0.15, 0.2) is 60.8 Å². The summed E-state index contributed by atoms with van der Waals surface area (Å²) in [5.74, 6) is 0.722. The van der Waals surface area contributed by atoms with Crippen molar-refractivity contribution in [2.75, 3.05) is 18.4 Å². The summed E-state index contributed by atoms with van der Waals surface area (Å²) in [6.07, 6.45) is 4.29. The van der Waals surface area contributed by atoms with Crippen LogP contribution >= 0.6 is 0 Å². The zero-order valence-electron chi connectivity index (χ0n) is 15.7. The highest BCUT2D eigenvalue weighted by atomic mass is 16.1. The number of amides is 1. The van der Waals surface area contributed by atoms with Gasteiger partial charge in [0.15, 0.2) is 0 Å². The molecule has 0 spiro atoms. The average molecular weight is 359 g/mol. The van der Waals surface area contributed by atoms with Gasteiger partial charge in [0.1, 0.15) is 0 Å². The lowest BCUT2D eigenvalue weighted by Crippen LogP contribution is -2.32. The molecule has 1 amide bonds. The zero-order chi connectivity index (χ0) is 18.6. The smallest absolute Gasteiger partial charge is 0.257 e. The lowest BCUT2D eigenvalue weighted by atomic mass is 9.99. The highest BCUT2D eigenvalue weighted by Crippen LogP contribution is 2.20. The van der Waals surface area contributed by atoms with Crippen molar-refractivity contribution in [2.45, 2.75) is 26.3 Å². The van der Waals surface area contributed by atoms with Gasteiger partial charge < -0.3 is 5.32 Å². The number of fused-ring (bicyclic) bond motifs is 1. The van der Waals surface area contributed by atoms with E-state index >= 15 is 0 Å². The Kier molecular flexibility index (Phi) is 5.16. The summed E-state index contributed by atoms with van der Waals surface area (Å²) in [5, 5.41) is 3.96. The van der Waals surface area contributed by atoms with Crippen LogP contribution in [0.3, 0.4) is 0 Å². The number of pyridine rings is 1. The molecule has 0 unspecified atom stereocenters. The third-order valence-electron chi connectivity index (χ3n) is 5.37. The maximum Gasteiger partial charge on any atom is 0.257 e. The Bertz CT molecular complexity index is 923. The van der Waals surface area contributed by atoms with Gasteiger partial charge >= 0.3 is 0 Å². The number of carbonyl (C=O) groups excluding carboxylic acids is 1. The molecule has 2 heterocycles. The minimum atomic E-state index is -0.128. The van der Waals surface area contributed by atoms with Gasteiger partial charge in [-0.15, -0.1) is 0 Å². The Morgan fingerprint density at radius 2 is 1.81 bits per heavy atom. The van der Waals surface area contributed by atoms with Crippen LogP contribution in [0.5, 0.6) is 0 Å².